The average Bonchev–Trinajstić information content (AvgIpc) is 2.97. The Bertz CT molecular complexity index is 1290. The highest BCUT2D eigenvalue weighted by molar-refractivity contribution is 8.26. The van der Waals surface area contributed by atoms with Gasteiger partial charge in [0.15, 0.2) is 0 Å². The van der Waals surface area contributed by atoms with Crippen LogP contribution in [0.25, 0.3) is 11.7 Å². The largest absolute Gasteiger partial charge is 0.438 e. The lowest BCUT2D eigenvalue weighted by molar-refractivity contribution is -0.121. The number of thioether (sulfide) groups is 1. The lowest BCUT2D eigenvalue weighted by Gasteiger charge is -2.19. The van der Waals surface area contributed by atoms with Crippen LogP contribution in [0.15, 0.2) is 58.4 Å². The second-order valence-electron chi connectivity index (χ2n) is 8.18. The summed E-state index contributed by atoms with van der Waals surface area (Å²) in [5, 5.41) is 0. The summed E-state index contributed by atoms with van der Waals surface area (Å²) in [5.41, 5.74) is 1.50. The van der Waals surface area contributed by atoms with Gasteiger partial charge in [-0.25, -0.2) is 0 Å². The van der Waals surface area contributed by atoms with Crippen LogP contribution in [0.4, 0.5) is 0 Å². The number of benzene rings is 1. The molecular weight excluding hydrogens is 430 g/mol. The Labute approximate surface area is 189 Å². The second-order valence-corrected chi connectivity index (χ2v) is 9.86. The van der Waals surface area contributed by atoms with E-state index in [0.717, 1.165) is 11.8 Å². The van der Waals surface area contributed by atoms with Crippen LogP contribution < -0.4 is 10.3 Å². The molecule has 0 spiro atoms. The summed E-state index contributed by atoms with van der Waals surface area (Å²) < 4.78 is 7.89. The topological polar surface area (TPSA) is 63.9 Å². The molecule has 0 unspecified atom stereocenters. The van der Waals surface area contributed by atoms with Gasteiger partial charge in [-0.05, 0) is 41.3 Å². The van der Waals surface area contributed by atoms with Crippen molar-refractivity contribution in [2.24, 2.45) is 0 Å². The molecule has 0 bridgehead atoms. The third kappa shape index (κ3) is 4.13. The predicted octanol–water partition coefficient (Wildman–Crippen LogP) is 4.62. The van der Waals surface area contributed by atoms with Gasteiger partial charge in [-0.3, -0.25) is 18.9 Å². The predicted molar refractivity (Wildman–Crippen MR) is 128 cm³/mol. The standard InChI is InChI=1S/C23H21N3O3S2/c1-23(2,3)14-8-10-15(11-9-14)29-19-16(13-17-21(28)25(4)22(30)31-17)20(27)26-12-6-5-7-18(26)24-19/h5-13H,1-4H3. The van der Waals surface area contributed by atoms with E-state index in [9.17, 15) is 9.59 Å². The van der Waals surface area contributed by atoms with Crippen molar-refractivity contribution in [1.29, 1.82) is 0 Å². The number of amides is 1. The van der Waals surface area contributed by atoms with E-state index in [1.807, 2.05) is 24.3 Å². The number of pyridine rings is 1. The maximum absolute atomic E-state index is 13.2. The third-order valence-corrected chi connectivity index (χ3v) is 6.42. The number of ether oxygens (including phenoxy) is 1. The summed E-state index contributed by atoms with van der Waals surface area (Å²) in [5.74, 6) is 0.437. The number of carbonyl (C=O) groups excluding carboxylic acids is 1. The minimum absolute atomic E-state index is 0.0125. The molecule has 1 fully saturated rings. The minimum Gasteiger partial charge on any atom is -0.438 e. The number of hydrogen-bond acceptors (Lipinski definition) is 6. The summed E-state index contributed by atoms with van der Waals surface area (Å²) in [6.45, 7) is 6.41. The lowest BCUT2D eigenvalue weighted by Crippen LogP contribution is -2.23. The first-order chi connectivity index (χ1) is 14.6. The minimum atomic E-state index is -0.326. The SMILES string of the molecule is CN1C(=O)C(=Cc2c(Oc3ccc(C(C)(C)C)cc3)nc3ccccn3c2=O)SC1=S. The summed E-state index contributed by atoms with van der Waals surface area (Å²) in [6, 6.07) is 13.0. The zero-order chi connectivity index (χ0) is 22.3. The molecule has 1 aliphatic rings. The molecular formula is C23H21N3O3S2. The van der Waals surface area contributed by atoms with E-state index >= 15 is 0 Å². The summed E-state index contributed by atoms with van der Waals surface area (Å²) >= 11 is 6.35. The fourth-order valence-corrected chi connectivity index (χ4v) is 4.26. The maximum Gasteiger partial charge on any atom is 0.269 e. The number of aromatic nitrogens is 2. The van der Waals surface area contributed by atoms with Crippen molar-refractivity contribution in [3.05, 3.63) is 75.0 Å². The molecule has 1 saturated heterocycles. The highest BCUT2D eigenvalue weighted by atomic mass is 32.2. The van der Waals surface area contributed by atoms with E-state index in [2.05, 4.69) is 25.8 Å². The van der Waals surface area contributed by atoms with Crippen LogP contribution in [0.1, 0.15) is 31.9 Å². The van der Waals surface area contributed by atoms with Gasteiger partial charge in [0.1, 0.15) is 21.3 Å². The average molecular weight is 452 g/mol. The molecule has 0 saturated carbocycles. The Morgan fingerprint density at radius 2 is 1.81 bits per heavy atom. The molecule has 3 aromatic rings. The van der Waals surface area contributed by atoms with Gasteiger partial charge in [-0.15, -0.1) is 0 Å². The second kappa shape index (κ2) is 7.94. The summed E-state index contributed by atoms with van der Waals surface area (Å²) in [6.07, 6.45) is 3.14. The van der Waals surface area contributed by atoms with E-state index in [4.69, 9.17) is 17.0 Å². The highest BCUT2D eigenvalue weighted by Gasteiger charge is 2.30. The van der Waals surface area contributed by atoms with E-state index < -0.39 is 0 Å². The quantitative estimate of drug-likeness (QED) is 0.428. The van der Waals surface area contributed by atoms with Crippen molar-refractivity contribution in [1.82, 2.24) is 14.3 Å². The number of nitrogens with zero attached hydrogens (tertiary/aromatic N) is 3. The van der Waals surface area contributed by atoms with Gasteiger partial charge in [0.25, 0.3) is 11.5 Å². The number of fused-ring (bicyclic) bond motifs is 1. The highest BCUT2D eigenvalue weighted by Crippen LogP contribution is 2.33. The Morgan fingerprint density at radius 3 is 2.42 bits per heavy atom. The fraction of sp³-hybridized carbons (Fsp3) is 0.217. The van der Waals surface area contributed by atoms with Crippen molar-refractivity contribution >= 4 is 45.9 Å². The Hall–Kier alpha value is -2.97. The molecule has 2 aromatic heterocycles. The molecule has 0 N–H and O–H groups in total. The monoisotopic (exact) mass is 451 g/mol. The fourth-order valence-electron chi connectivity index (χ4n) is 3.09. The first kappa shape index (κ1) is 21.3. The zero-order valence-electron chi connectivity index (χ0n) is 17.6. The van der Waals surface area contributed by atoms with Crippen molar-refractivity contribution in [3.63, 3.8) is 0 Å². The van der Waals surface area contributed by atoms with Crippen LogP contribution in [-0.4, -0.2) is 31.6 Å². The molecule has 0 radical (unpaired) electrons. The molecule has 158 valence electrons. The van der Waals surface area contributed by atoms with E-state index in [0.29, 0.717) is 20.6 Å². The molecule has 4 rings (SSSR count). The molecule has 8 heteroatoms. The maximum atomic E-state index is 13.2. The number of carbonyl (C=O) groups is 1. The molecule has 1 aromatic carbocycles. The first-order valence-electron chi connectivity index (χ1n) is 9.66. The third-order valence-electron chi connectivity index (χ3n) is 4.93. The Kier molecular flexibility index (Phi) is 5.45. The van der Waals surface area contributed by atoms with Gasteiger partial charge in [-0.1, -0.05) is 63.0 Å². The van der Waals surface area contributed by atoms with Crippen LogP contribution in [0.2, 0.25) is 0 Å². The number of thiocarbonyl (C=S) groups is 1. The Balaban J connectivity index is 1.82. The zero-order valence-corrected chi connectivity index (χ0v) is 19.2. The number of rotatable bonds is 3. The lowest BCUT2D eigenvalue weighted by atomic mass is 9.87. The van der Waals surface area contributed by atoms with Crippen LogP contribution in [0.5, 0.6) is 11.6 Å². The van der Waals surface area contributed by atoms with Crippen LogP contribution in [0, 0.1) is 0 Å². The van der Waals surface area contributed by atoms with E-state index in [-0.39, 0.29) is 28.3 Å². The molecule has 0 aliphatic carbocycles. The number of hydrogen-bond donors (Lipinski definition) is 0. The molecule has 31 heavy (non-hydrogen) atoms. The van der Waals surface area contributed by atoms with Crippen molar-refractivity contribution < 1.29 is 9.53 Å². The van der Waals surface area contributed by atoms with Gasteiger partial charge in [0, 0.05) is 13.2 Å². The van der Waals surface area contributed by atoms with Crippen molar-refractivity contribution in [2.45, 2.75) is 26.2 Å². The van der Waals surface area contributed by atoms with Gasteiger partial charge in [0.05, 0.1) is 4.91 Å². The Morgan fingerprint density at radius 1 is 1.10 bits per heavy atom. The van der Waals surface area contributed by atoms with Crippen molar-refractivity contribution in [2.75, 3.05) is 7.05 Å². The van der Waals surface area contributed by atoms with Crippen LogP contribution >= 0.6 is 24.0 Å². The smallest absolute Gasteiger partial charge is 0.269 e. The normalized spacial score (nSPS) is 15.9. The molecule has 1 amide bonds. The van der Waals surface area contributed by atoms with E-state index in [1.54, 1.807) is 31.4 Å². The summed E-state index contributed by atoms with van der Waals surface area (Å²) in [7, 11) is 1.61. The van der Waals surface area contributed by atoms with E-state index in [1.165, 1.54) is 20.9 Å². The van der Waals surface area contributed by atoms with Crippen LogP contribution in [0.3, 0.4) is 0 Å². The molecule has 6 nitrogen and oxygen atoms in total. The van der Waals surface area contributed by atoms with Gasteiger partial charge < -0.3 is 4.74 Å². The van der Waals surface area contributed by atoms with Crippen molar-refractivity contribution in [3.8, 4) is 11.6 Å². The van der Waals surface area contributed by atoms with Gasteiger partial charge >= 0.3 is 0 Å². The number of likely N-dealkylation sites (N-methyl/N-ethyl adjacent to an activating group) is 1. The van der Waals surface area contributed by atoms with Gasteiger partial charge in [-0.2, -0.15) is 4.98 Å². The molecule has 0 atom stereocenters. The molecule has 1 aliphatic heterocycles. The summed E-state index contributed by atoms with van der Waals surface area (Å²) in [4.78, 5) is 32.0. The molecule has 3 heterocycles. The van der Waals surface area contributed by atoms with Crippen LogP contribution in [-0.2, 0) is 10.2 Å². The first-order valence-corrected chi connectivity index (χ1v) is 10.9. The van der Waals surface area contributed by atoms with Gasteiger partial charge in [0.2, 0.25) is 5.88 Å².